The smallest absolute Gasteiger partial charge is 0.255 e. The van der Waals surface area contributed by atoms with Crippen LogP contribution in [0.2, 0.25) is 0 Å². The Kier molecular flexibility index (Phi) is 4.52. The summed E-state index contributed by atoms with van der Waals surface area (Å²) in [7, 11) is 0. The molecular formula is C13H15BrF2N2O. The molecule has 1 amide bonds. The molecule has 19 heavy (non-hydrogen) atoms. The molecular weight excluding hydrogens is 318 g/mol. The number of likely N-dealkylation sites (tertiary alicyclic amines) is 1. The molecule has 1 aliphatic rings. The number of halogens is 3. The fourth-order valence-corrected chi connectivity index (χ4v) is 2.78. The highest BCUT2D eigenvalue weighted by molar-refractivity contribution is 9.10. The highest BCUT2D eigenvalue weighted by Crippen LogP contribution is 2.24. The zero-order valence-electron chi connectivity index (χ0n) is 10.3. The third-order valence-electron chi connectivity index (χ3n) is 3.38. The first-order valence-electron chi connectivity index (χ1n) is 6.16. The van der Waals surface area contributed by atoms with Gasteiger partial charge >= 0.3 is 0 Å². The van der Waals surface area contributed by atoms with E-state index in [0.29, 0.717) is 19.6 Å². The van der Waals surface area contributed by atoms with Crippen LogP contribution in [0.3, 0.4) is 0 Å². The minimum Gasteiger partial charge on any atom is -0.338 e. The maximum atomic E-state index is 13.2. The molecule has 1 fully saturated rings. The Morgan fingerprint density at radius 3 is 2.79 bits per heavy atom. The lowest BCUT2D eigenvalue weighted by atomic mass is 9.97. The first-order chi connectivity index (χ1) is 9.02. The van der Waals surface area contributed by atoms with Gasteiger partial charge in [-0.05, 0) is 53.4 Å². The molecule has 104 valence electrons. The van der Waals surface area contributed by atoms with E-state index < -0.39 is 11.6 Å². The van der Waals surface area contributed by atoms with Crippen LogP contribution in [0.15, 0.2) is 16.6 Å². The second-order valence-electron chi connectivity index (χ2n) is 4.74. The van der Waals surface area contributed by atoms with Crippen molar-refractivity contribution in [3.05, 3.63) is 33.8 Å². The van der Waals surface area contributed by atoms with E-state index in [9.17, 15) is 13.6 Å². The second kappa shape index (κ2) is 5.96. The number of benzene rings is 1. The molecule has 2 rings (SSSR count). The van der Waals surface area contributed by atoms with Gasteiger partial charge in [-0.1, -0.05) is 0 Å². The summed E-state index contributed by atoms with van der Waals surface area (Å²) < 4.78 is 26.5. The molecule has 1 aromatic carbocycles. The third kappa shape index (κ3) is 3.12. The van der Waals surface area contributed by atoms with Crippen LogP contribution in [-0.2, 0) is 0 Å². The summed E-state index contributed by atoms with van der Waals surface area (Å²) in [5.41, 5.74) is 5.77. The van der Waals surface area contributed by atoms with Crippen molar-refractivity contribution in [3.63, 3.8) is 0 Å². The van der Waals surface area contributed by atoms with Crippen LogP contribution in [0.5, 0.6) is 0 Å². The number of piperidine rings is 1. The molecule has 0 saturated carbocycles. The van der Waals surface area contributed by atoms with Gasteiger partial charge in [-0.3, -0.25) is 4.79 Å². The molecule has 1 unspecified atom stereocenters. The molecule has 0 radical (unpaired) electrons. The lowest BCUT2D eigenvalue weighted by Gasteiger charge is -2.32. The Morgan fingerprint density at radius 1 is 1.42 bits per heavy atom. The predicted molar refractivity (Wildman–Crippen MR) is 71.7 cm³/mol. The SMILES string of the molecule is NCC1CCCN(C(=O)c2cc(F)c(F)cc2Br)C1. The molecule has 0 spiro atoms. The Bertz CT molecular complexity index is 496. The van der Waals surface area contributed by atoms with Crippen LogP contribution in [-0.4, -0.2) is 30.4 Å². The molecule has 0 aliphatic carbocycles. The lowest BCUT2D eigenvalue weighted by Crippen LogP contribution is -2.42. The third-order valence-corrected chi connectivity index (χ3v) is 4.04. The van der Waals surface area contributed by atoms with Crippen molar-refractivity contribution in [2.24, 2.45) is 11.7 Å². The first-order valence-corrected chi connectivity index (χ1v) is 6.96. The molecule has 3 nitrogen and oxygen atoms in total. The molecule has 1 aliphatic heterocycles. The number of nitrogens with two attached hydrogens (primary N) is 1. The van der Waals surface area contributed by atoms with Gasteiger partial charge in [0.15, 0.2) is 11.6 Å². The Labute approximate surface area is 118 Å². The van der Waals surface area contributed by atoms with E-state index in [1.54, 1.807) is 4.90 Å². The van der Waals surface area contributed by atoms with E-state index >= 15 is 0 Å². The minimum absolute atomic E-state index is 0.150. The van der Waals surface area contributed by atoms with Crippen molar-refractivity contribution in [2.45, 2.75) is 12.8 Å². The van der Waals surface area contributed by atoms with Crippen molar-refractivity contribution in [3.8, 4) is 0 Å². The zero-order valence-corrected chi connectivity index (χ0v) is 11.9. The average Bonchev–Trinajstić information content (AvgIpc) is 2.42. The van der Waals surface area contributed by atoms with Crippen LogP contribution in [0.25, 0.3) is 0 Å². The molecule has 2 N–H and O–H groups in total. The van der Waals surface area contributed by atoms with Gasteiger partial charge in [-0.2, -0.15) is 0 Å². The van der Waals surface area contributed by atoms with Crippen LogP contribution in [0.4, 0.5) is 8.78 Å². The number of carbonyl (C=O) groups is 1. The summed E-state index contributed by atoms with van der Waals surface area (Å²) in [4.78, 5) is 14.0. The van der Waals surface area contributed by atoms with Crippen molar-refractivity contribution in [1.29, 1.82) is 0 Å². The molecule has 1 atom stereocenters. The van der Waals surface area contributed by atoms with Crippen LogP contribution < -0.4 is 5.73 Å². The number of hydrogen-bond acceptors (Lipinski definition) is 2. The summed E-state index contributed by atoms with van der Waals surface area (Å²) in [5.74, 6) is -1.99. The van der Waals surface area contributed by atoms with E-state index in [4.69, 9.17) is 5.73 Å². The van der Waals surface area contributed by atoms with Crippen molar-refractivity contribution in [2.75, 3.05) is 19.6 Å². The van der Waals surface area contributed by atoms with E-state index in [2.05, 4.69) is 15.9 Å². The molecule has 0 bridgehead atoms. The van der Waals surface area contributed by atoms with E-state index in [0.717, 1.165) is 25.0 Å². The summed E-state index contributed by atoms with van der Waals surface area (Å²) in [6.07, 6.45) is 1.88. The number of rotatable bonds is 2. The van der Waals surface area contributed by atoms with Gasteiger partial charge in [-0.25, -0.2) is 8.78 Å². The summed E-state index contributed by atoms with van der Waals surface area (Å²) in [6, 6.07) is 1.92. The number of carbonyl (C=O) groups excluding carboxylic acids is 1. The molecule has 1 heterocycles. The molecule has 1 saturated heterocycles. The maximum absolute atomic E-state index is 13.2. The van der Waals surface area contributed by atoms with Gasteiger partial charge in [-0.15, -0.1) is 0 Å². The Balaban J connectivity index is 2.22. The fraction of sp³-hybridized carbons (Fsp3) is 0.462. The number of hydrogen-bond donors (Lipinski definition) is 1. The van der Waals surface area contributed by atoms with Crippen molar-refractivity contribution >= 4 is 21.8 Å². The van der Waals surface area contributed by atoms with Gasteiger partial charge in [0.2, 0.25) is 0 Å². The lowest BCUT2D eigenvalue weighted by molar-refractivity contribution is 0.0676. The Hall–Kier alpha value is -1.01. The van der Waals surface area contributed by atoms with Gasteiger partial charge in [0, 0.05) is 17.6 Å². The first kappa shape index (κ1) is 14.4. The highest BCUT2D eigenvalue weighted by atomic mass is 79.9. The number of nitrogens with zero attached hydrogens (tertiary/aromatic N) is 1. The van der Waals surface area contributed by atoms with Crippen molar-refractivity contribution in [1.82, 2.24) is 4.90 Å². The fourth-order valence-electron chi connectivity index (χ4n) is 2.30. The van der Waals surface area contributed by atoms with Gasteiger partial charge in [0.1, 0.15) is 0 Å². The van der Waals surface area contributed by atoms with Gasteiger partial charge in [0.25, 0.3) is 5.91 Å². The van der Waals surface area contributed by atoms with Gasteiger partial charge < -0.3 is 10.6 Å². The Morgan fingerprint density at radius 2 is 2.11 bits per heavy atom. The van der Waals surface area contributed by atoms with Crippen LogP contribution in [0.1, 0.15) is 23.2 Å². The second-order valence-corrected chi connectivity index (χ2v) is 5.60. The topological polar surface area (TPSA) is 46.3 Å². The maximum Gasteiger partial charge on any atom is 0.255 e. The molecule has 1 aromatic rings. The predicted octanol–water partition coefficient (Wildman–Crippen LogP) is 2.54. The summed E-state index contributed by atoms with van der Waals surface area (Å²) in [6.45, 7) is 1.73. The number of amides is 1. The zero-order chi connectivity index (χ0) is 14.0. The average molecular weight is 333 g/mol. The monoisotopic (exact) mass is 332 g/mol. The normalized spacial score (nSPS) is 19.6. The quantitative estimate of drug-likeness (QED) is 0.846. The van der Waals surface area contributed by atoms with Crippen LogP contribution in [0, 0.1) is 17.6 Å². The van der Waals surface area contributed by atoms with E-state index in [-0.39, 0.29) is 21.9 Å². The summed E-state index contributed by atoms with van der Waals surface area (Å²) in [5, 5.41) is 0. The van der Waals surface area contributed by atoms with E-state index in [1.165, 1.54) is 0 Å². The van der Waals surface area contributed by atoms with Crippen LogP contribution >= 0.6 is 15.9 Å². The minimum atomic E-state index is -1.01. The molecule has 0 aromatic heterocycles. The van der Waals surface area contributed by atoms with Crippen molar-refractivity contribution < 1.29 is 13.6 Å². The molecule has 6 heteroatoms. The van der Waals surface area contributed by atoms with E-state index in [1.807, 2.05) is 0 Å². The summed E-state index contributed by atoms with van der Waals surface area (Å²) >= 11 is 3.10. The largest absolute Gasteiger partial charge is 0.338 e. The standard InChI is InChI=1S/C13H15BrF2N2O/c14-10-5-12(16)11(15)4-9(10)13(19)18-3-1-2-8(6-17)7-18/h4-5,8H,1-3,6-7,17H2. The highest BCUT2D eigenvalue weighted by Gasteiger charge is 2.25. The van der Waals surface area contributed by atoms with Gasteiger partial charge in [0.05, 0.1) is 5.56 Å².